The minimum Gasteiger partial charge on any atom is -0.490 e. The Labute approximate surface area is 248 Å². The summed E-state index contributed by atoms with van der Waals surface area (Å²) < 4.78 is 23.3. The third kappa shape index (κ3) is 5.38. The standard InChI is InChI=1S/C32H34N2O7S/c1-7-38-24-16-20(10-12-23(24)40-14-13-17(3)4)26-25-27(35)21-15-18(5)9-11-22(21)41-28(25)30(36)34(26)32-33-19(6)29(42-32)31(37)39-8-2/h9-12,15-17,26H,7-8,13-14H2,1-6H3. The number of carbonyl (C=O) groups excluding carboxylic acids is 2. The highest BCUT2D eigenvalue weighted by atomic mass is 32.1. The number of aryl methyl sites for hydroxylation is 2. The zero-order valence-corrected chi connectivity index (χ0v) is 25.4. The van der Waals surface area contributed by atoms with Crippen LogP contribution < -0.4 is 19.8 Å². The molecule has 0 bridgehead atoms. The highest BCUT2D eigenvalue weighted by Crippen LogP contribution is 2.45. The van der Waals surface area contributed by atoms with Gasteiger partial charge in [-0.1, -0.05) is 42.9 Å². The number of aromatic nitrogens is 1. The molecule has 2 aromatic carbocycles. The topological polar surface area (TPSA) is 108 Å². The lowest BCUT2D eigenvalue weighted by molar-refractivity contribution is 0.0531. The van der Waals surface area contributed by atoms with E-state index < -0.39 is 17.9 Å². The summed E-state index contributed by atoms with van der Waals surface area (Å²) in [5, 5.41) is 0.640. The van der Waals surface area contributed by atoms with Gasteiger partial charge in [0.25, 0.3) is 5.91 Å². The van der Waals surface area contributed by atoms with Crippen molar-refractivity contribution in [3.63, 3.8) is 0 Å². The monoisotopic (exact) mass is 590 g/mol. The van der Waals surface area contributed by atoms with E-state index in [-0.39, 0.29) is 28.5 Å². The summed E-state index contributed by atoms with van der Waals surface area (Å²) in [6.07, 6.45) is 0.880. The van der Waals surface area contributed by atoms with Crippen molar-refractivity contribution in [1.82, 2.24) is 4.98 Å². The summed E-state index contributed by atoms with van der Waals surface area (Å²) in [6.45, 7) is 12.6. The summed E-state index contributed by atoms with van der Waals surface area (Å²) in [5.41, 5.74) is 2.17. The third-order valence-electron chi connectivity index (χ3n) is 7.01. The summed E-state index contributed by atoms with van der Waals surface area (Å²) in [7, 11) is 0. The molecule has 1 amide bonds. The number of benzene rings is 2. The number of carbonyl (C=O) groups is 2. The minimum atomic E-state index is -0.877. The molecule has 1 atom stereocenters. The number of thiazole rings is 1. The van der Waals surface area contributed by atoms with Gasteiger partial charge in [-0.2, -0.15) is 0 Å². The van der Waals surface area contributed by atoms with Crippen LogP contribution in [0.3, 0.4) is 0 Å². The lowest BCUT2D eigenvalue weighted by atomic mass is 9.98. The normalized spacial score (nSPS) is 14.5. The molecule has 42 heavy (non-hydrogen) atoms. The molecule has 10 heteroatoms. The fourth-order valence-electron chi connectivity index (χ4n) is 4.96. The smallest absolute Gasteiger partial charge is 0.350 e. The highest BCUT2D eigenvalue weighted by molar-refractivity contribution is 7.17. The fourth-order valence-corrected chi connectivity index (χ4v) is 5.94. The van der Waals surface area contributed by atoms with E-state index in [4.69, 9.17) is 18.6 Å². The molecule has 1 aliphatic rings. The molecule has 0 fully saturated rings. The van der Waals surface area contributed by atoms with Gasteiger partial charge in [0, 0.05) is 0 Å². The predicted octanol–water partition coefficient (Wildman–Crippen LogP) is 6.62. The Morgan fingerprint density at radius 2 is 1.83 bits per heavy atom. The zero-order valence-electron chi connectivity index (χ0n) is 24.6. The molecule has 0 N–H and O–H groups in total. The predicted molar refractivity (Wildman–Crippen MR) is 161 cm³/mol. The number of hydrogen-bond donors (Lipinski definition) is 0. The summed E-state index contributed by atoms with van der Waals surface area (Å²) in [5.74, 6) is 0.470. The van der Waals surface area contributed by atoms with Crippen LogP contribution in [0.5, 0.6) is 11.5 Å². The molecule has 5 rings (SSSR count). The molecular weight excluding hydrogens is 556 g/mol. The Morgan fingerprint density at radius 1 is 1.05 bits per heavy atom. The van der Waals surface area contributed by atoms with Crippen molar-refractivity contribution >= 4 is 39.3 Å². The van der Waals surface area contributed by atoms with Crippen LogP contribution in [0.2, 0.25) is 0 Å². The Bertz CT molecular complexity index is 1720. The molecule has 0 radical (unpaired) electrons. The Kier molecular flexibility index (Phi) is 8.36. The van der Waals surface area contributed by atoms with Crippen molar-refractivity contribution in [2.75, 3.05) is 24.7 Å². The van der Waals surface area contributed by atoms with Gasteiger partial charge in [-0.05, 0) is 69.9 Å². The summed E-state index contributed by atoms with van der Waals surface area (Å²) in [6, 6.07) is 9.81. The van der Waals surface area contributed by atoms with Crippen molar-refractivity contribution in [3.05, 3.63) is 79.6 Å². The second-order valence-electron chi connectivity index (χ2n) is 10.6. The average molecular weight is 591 g/mol. The maximum atomic E-state index is 14.0. The van der Waals surface area contributed by atoms with Gasteiger partial charge in [0.05, 0.1) is 42.5 Å². The first-order chi connectivity index (χ1) is 20.1. The molecule has 0 spiro atoms. The van der Waals surface area contributed by atoms with Gasteiger partial charge in [-0.3, -0.25) is 14.5 Å². The van der Waals surface area contributed by atoms with E-state index >= 15 is 0 Å². The Balaban J connectivity index is 1.69. The summed E-state index contributed by atoms with van der Waals surface area (Å²) >= 11 is 1.04. The molecule has 3 heterocycles. The number of hydrogen-bond acceptors (Lipinski definition) is 9. The number of nitrogens with zero attached hydrogens (tertiary/aromatic N) is 2. The van der Waals surface area contributed by atoms with E-state index in [2.05, 4.69) is 18.8 Å². The van der Waals surface area contributed by atoms with Crippen LogP contribution in [-0.4, -0.2) is 36.7 Å². The molecule has 2 aromatic heterocycles. The van der Waals surface area contributed by atoms with Gasteiger partial charge in [-0.25, -0.2) is 9.78 Å². The van der Waals surface area contributed by atoms with Crippen LogP contribution in [0.1, 0.15) is 82.8 Å². The molecule has 1 unspecified atom stereocenters. The SMILES string of the molecule is CCOC(=O)c1sc(N2C(=O)c3oc4ccc(C)cc4c(=O)c3C2c2ccc(OCCC(C)C)c(OCC)c2)nc1C. The zero-order chi connectivity index (χ0) is 30.1. The highest BCUT2D eigenvalue weighted by Gasteiger charge is 2.45. The number of amides is 1. The molecule has 9 nitrogen and oxygen atoms in total. The van der Waals surface area contributed by atoms with Gasteiger partial charge in [0.2, 0.25) is 5.76 Å². The maximum absolute atomic E-state index is 14.0. The largest absolute Gasteiger partial charge is 0.490 e. The van der Waals surface area contributed by atoms with E-state index in [1.165, 1.54) is 4.90 Å². The minimum absolute atomic E-state index is 0.0536. The van der Waals surface area contributed by atoms with Gasteiger partial charge in [-0.15, -0.1) is 0 Å². The first-order valence-electron chi connectivity index (χ1n) is 14.1. The van der Waals surface area contributed by atoms with Gasteiger partial charge < -0.3 is 18.6 Å². The van der Waals surface area contributed by atoms with Crippen LogP contribution in [0.4, 0.5) is 5.13 Å². The number of rotatable bonds is 10. The number of fused-ring (bicyclic) bond motifs is 2. The number of anilines is 1. The van der Waals surface area contributed by atoms with Crippen molar-refractivity contribution in [2.24, 2.45) is 5.92 Å². The lowest BCUT2D eigenvalue weighted by Crippen LogP contribution is -2.29. The molecule has 220 valence electrons. The maximum Gasteiger partial charge on any atom is 0.350 e. The van der Waals surface area contributed by atoms with Crippen molar-refractivity contribution in [1.29, 1.82) is 0 Å². The van der Waals surface area contributed by atoms with Crippen molar-refractivity contribution < 1.29 is 28.2 Å². The first kappa shape index (κ1) is 29.3. The molecule has 0 saturated carbocycles. The van der Waals surface area contributed by atoms with Crippen LogP contribution in [0.25, 0.3) is 11.0 Å². The fraction of sp³-hybridized carbons (Fsp3) is 0.375. The number of ether oxygens (including phenoxy) is 3. The van der Waals surface area contributed by atoms with Crippen LogP contribution in [0, 0.1) is 19.8 Å². The molecule has 4 aromatic rings. The van der Waals surface area contributed by atoms with Crippen LogP contribution >= 0.6 is 11.3 Å². The quantitative estimate of drug-likeness (QED) is 0.190. The van der Waals surface area contributed by atoms with Gasteiger partial charge >= 0.3 is 5.97 Å². The third-order valence-corrected chi connectivity index (χ3v) is 8.15. The van der Waals surface area contributed by atoms with E-state index in [0.717, 1.165) is 23.3 Å². The molecular formula is C32H34N2O7S. The lowest BCUT2D eigenvalue weighted by Gasteiger charge is -2.23. The Hall–Kier alpha value is -4.18. The second-order valence-corrected chi connectivity index (χ2v) is 11.5. The van der Waals surface area contributed by atoms with E-state index in [9.17, 15) is 14.4 Å². The summed E-state index contributed by atoms with van der Waals surface area (Å²) in [4.78, 5) is 47.0. The van der Waals surface area contributed by atoms with Gasteiger partial charge in [0.1, 0.15) is 10.5 Å². The molecule has 0 saturated heterocycles. The van der Waals surface area contributed by atoms with Crippen molar-refractivity contribution in [3.8, 4) is 11.5 Å². The molecule has 1 aliphatic heterocycles. The van der Waals surface area contributed by atoms with Crippen LogP contribution in [0.15, 0.2) is 45.6 Å². The van der Waals surface area contributed by atoms with E-state index in [1.54, 1.807) is 38.1 Å². The van der Waals surface area contributed by atoms with E-state index in [1.807, 2.05) is 26.0 Å². The average Bonchev–Trinajstić information content (AvgIpc) is 3.47. The Morgan fingerprint density at radius 3 is 2.55 bits per heavy atom. The number of esters is 1. The first-order valence-corrected chi connectivity index (χ1v) is 14.9. The van der Waals surface area contributed by atoms with Gasteiger partial charge in [0.15, 0.2) is 22.1 Å². The second kappa shape index (κ2) is 12.0. The van der Waals surface area contributed by atoms with E-state index in [0.29, 0.717) is 57.7 Å². The molecule has 0 aliphatic carbocycles. The van der Waals surface area contributed by atoms with Crippen LogP contribution in [-0.2, 0) is 4.74 Å². The van der Waals surface area contributed by atoms with Crippen molar-refractivity contribution in [2.45, 2.75) is 54.0 Å².